The number of hydrogen-bond acceptors (Lipinski definition) is 2. The molecule has 1 saturated carbocycles. The zero-order chi connectivity index (χ0) is 15.2. The van der Waals surface area contributed by atoms with Crippen LogP contribution in [-0.4, -0.2) is 31.6 Å². The molecule has 1 aliphatic carbocycles. The minimum Gasteiger partial charge on any atom is -0.312 e. The Labute approximate surface area is 130 Å². The minimum atomic E-state index is 0.441. The zero-order valence-corrected chi connectivity index (χ0v) is 14.2. The Morgan fingerprint density at radius 3 is 2.33 bits per heavy atom. The predicted octanol–water partition coefficient (Wildman–Crippen LogP) is 3.88. The summed E-state index contributed by atoms with van der Waals surface area (Å²) >= 11 is 0. The Morgan fingerprint density at radius 1 is 1.19 bits per heavy atom. The van der Waals surface area contributed by atoms with Crippen molar-refractivity contribution < 1.29 is 0 Å². The lowest BCUT2D eigenvalue weighted by molar-refractivity contribution is 0.248. The van der Waals surface area contributed by atoms with E-state index in [0.29, 0.717) is 6.04 Å². The second-order valence-electron chi connectivity index (χ2n) is 6.98. The van der Waals surface area contributed by atoms with Crippen molar-refractivity contribution in [2.75, 3.05) is 26.7 Å². The number of benzene rings is 1. The molecule has 0 aliphatic heterocycles. The van der Waals surface area contributed by atoms with Crippen LogP contribution in [0.2, 0.25) is 0 Å². The molecule has 0 bridgehead atoms. The third-order valence-corrected chi connectivity index (χ3v) is 4.48. The number of nitrogens with one attached hydrogen (secondary N) is 1. The van der Waals surface area contributed by atoms with Crippen molar-refractivity contribution in [3.05, 3.63) is 35.4 Å². The van der Waals surface area contributed by atoms with Gasteiger partial charge in [-0.15, -0.1) is 0 Å². The number of hydrogen-bond donors (Lipinski definition) is 1. The molecule has 1 fully saturated rings. The summed E-state index contributed by atoms with van der Waals surface area (Å²) < 4.78 is 0. The van der Waals surface area contributed by atoms with E-state index in [1.807, 2.05) is 0 Å². The summed E-state index contributed by atoms with van der Waals surface area (Å²) in [4.78, 5) is 2.60. The van der Waals surface area contributed by atoms with E-state index in [0.717, 1.165) is 24.9 Å². The van der Waals surface area contributed by atoms with Gasteiger partial charge >= 0.3 is 0 Å². The highest BCUT2D eigenvalue weighted by Crippen LogP contribution is 2.30. The molecule has 2 heteroatoms. The van der Waals surface area contributed by atoms with Gasteiger partial charge in [0.25, 0.3) is 0 Å². The van der Waals surface area contributed by atoms with Gasteiger partial charge in [-0.3, -0.25) is 0 Å². The molecular weight excluding hydrogens is 256 g/mol. The normalized spacial score (nSPS) is 16.7. The fourth-order valence-corrected chi connectivity index (χ4v) is 2.98. The quantitative estimate of drug-likeness (QED) is 0.742. The lowest BCUT2D eigenvalue weighted by atomic mass is 9.99. The molecule has 1 aromatic rings. The van der Waals surface area contributed by atoms with Crippen molar-refractivity contribution >= 4 is 0 Å². The predicted molar refractivity (Wildman–Crippen MR) is 91.6 cm³/mol. The summed E-state index contributed by atoms with van der Waals surface area (Å²) in [5.74, 6) is 1.70. The molecule has 1 atom stereocenters. The van der Waals surface area contributed by atoms with E-state index in [1.165, 1.54) is 36.9 Å². The average Bonchev–Trinajstić information content (AvgIpc) is 3.28. The van der Waals surface area contributed by atoms with Crippen LogP contribution < -0.4 is 5.32 Å². The third-order valence-electron chi connectivity index (χ3n) is 4.48. The SMILES string of the molecule is CCN(CC1CC1)CC(NC)c1ccc(CC(C)C)cc1. The largest absolute Gasteiger partial charge is 0.312 e. The van der Waals surface area contributed by atoms with Crippen LogP contribution in [0.5, 0.6) is 0 Å². The molecule has 1 aromatic carbocycles. The van der Waals surface area contributed by atoms with Gasteiger partial charge in [-0.05, 0) is 55.8 Å². The summed E-state index contributed by atoms with van der Waals surface area (Å²) in [5, 5.41) is 3.50. The summed E-state index contributed by atoms with van der Waals surface area (Å²) in [6.45, 7) is 10.4. The van der Waals surface area contributed by atoms with Crippen LogP contribution in [-0.2, 0) is 6.42 Å². The number of nitrogens with zero attached hydrogens (tertiary/aromatic N) is 1. The van der Waals surface area contributed by atoms with Crippen LogP contribution in [0, 0.1) is 11.8 Å². The topological polar surface area (TPSA) is 15.3 Å². The first-order valence-corrected chi connectivity index (χ1v) is 8.60. The van der Waals surface area contributed by atoms with E-state index in [1.54, 1.807) is 0 Å². The maximum absolute atomic E-state index is 3.50. The molecule has 118 valence electrons. The highest BCUT2D eigenvalue weighted by molar-refractivity contribution is 5.25. The van der Waals surface area contributed by atoms with Gasteiger partial charge in [0.1, 0.15) is 0 Å². The molecule has 0 radical (unpaired) electrons. The summed E-state index contributed by atoms with van der Waals surface area (Å²) in [6, 6.07) is 9.67. The fraction of sp³-hybridized carbons (Fsp3) is 0.684. The van der Waals surface area contributed by atoms with Crippen LogP contribution in [0.4, 0.5) is 0 Å². The van der Waals surface area contributed by atoms with Gasteiger partial charge in [-0.1, -0.05) is 45.0 Å². The molecule has 0 spiro atoms. The smallest absolute Gasteiger partial charge is 0.0446 e. The second kappa shape index (κ2) is 7.95. The van der Waals surface area contributed by atoms with Crippen molar-refractivity contribution in [1.82, 2.24) is 10.2 Å². The molecule has 1 aliphatic rings. The van der Waals surface area contributed by atoms with Crippen LogP contribution in [0.3, 0.4) is 0 Å². The minimum absolute atomic E-state index is 0.441. The van der Waals surface area contributed by atoms with Gasteiger partial charge in [-0.25, -0.2) is 0 Å². The number of likely N-dealkylation sites (N-methyl/N-ethyl adjacent to an activating group) is 2. The summed E-state index contributed by atoms with van der Waals surface area (Å²) in [5.41, 5.74) is 2.87. The van der Waals surface area contributed by atoms with E-state index in [-0.39, 0.29) is 0 Å². The molecule has 2 nitrogen and oxygen atoms in total. The molecule has 0 heterocycles. The Balaban J connectivity index is 1.95. The van der Waals surface area contributed by atoms with E-state index < -0.39 is 0 Å². The van der Waals surface area contributed by atoms with Crippen LogP contribution in [0.15, 0.2) is 24.3 Å². The van der Waals surface area contributed by atoms with Crippen LogP contribution in [0.25, 0.3) is 0 Å². The second-order valence-corrected chi connectivity index (χ2v) is 6.98. The standard InChI is InChI=1S/C19H32N2/c1-5-21(13-17-6-7-17)14-19(20-4)18-10-8-16(9-11-18)12-15(2)3/h8-11,15,17,19-20H,5-7,12-14H2,1-4H3. The van der Waals surface area contributed by atoms with E-state index in [9.17, 15) is 0 Å². The third kappa shape index (κ3) is 5.44. The van der Waals surface area contributed by atoms with Gasteiger partial charge < -0.3 is 10.2 Å². The molecule has 0 amide bonds. The van der Waals surface area contributed by atoms with Crippen molar-refractivity contribution in [2.24, 2.45) is 11.8 Å². The first kappa shape index (κ1) is 16.5. The van der Waals surface area contributed by atoms with E-state index >= 15 is 0 Å². The lowest BCUT2D eigenvalue weighted by Crippen LogP contribution is -2.35. The van der Waals surface area contributed by atoms with Gasteiger partial charge in [-0.2, -0.15) is 0 Å². The Kier molecular flexibility index (Phi) is 6.25. The molecule has 1 unspecified atom stereocenters. The van der Waals surface area contributed by atoms with Crippen molar-refractivity contribution in [2.45, 2.75) is 46.1 Å². The van der Waals surface area contributed by atoms with E-state index in [4.69, 9.17) is 0 Å². The lowest BCUT2D eigenvalue weighted by Gasteiger charge is -2.26. The van der Waals surface area contributed by atoms with Gasteiger partial charge in [0, 0.05) is 19.1 Å². The Hall–Kier alpha value is -0.860. The summed E-state index contributed by atoms with van der Waals surface area (Å²) in [7, 11) is 2.08. The highest BCUT2D eigenvalue weighted by Gasteiger charge is 2.24. The highest BCUT2D eigenvalue weighted by atomic mass is 15.1. The van der Waals surface area contributed by atoms with Crippen molar-refractivity contribution in [3.8, 4) is 0 Å². The van der Waals surface area contributed by atoms with Gasteiger partial charge in [0.05, 0.1) is 0 Å². The fourth-order valence-electron chi connectivity index (χ4n) is 2.98. The van der Waals surface area contributed by atoms with Crippen molar-refractivity contribution in [1.29, 1.82) is 0 Å². The summed E-state index contributed by atoms with van der Waals surface area (Å²) in [6.07, 6.45) is 4.04. The van der Waals surface area contributed by atoms with Crippen LogP contribution in [0.1, 0.15) is 50.8 Å². The van der Waals surface area contributed by atoms with Gasteiger partial charge in [0.2, 0.25) is 0 Å². The van der Waals surface area contributed by atoms with E-state index in [2.05, 4.69) is 62.3 Å². The molecule has 2 rings (SSSR count). The number of rotatable bonds is 9. The molecule has 1 N–H and O–H groups in total. The van der Waals surface area contributed by atoms with Crippen molar-refractivity contribution in [3.63, 3.8) is 0 Å². The molecule has 21 heavy (non-hydrogen) atoms. The first-order chi connectivity index (χ1) is 10.1. The monoisotopic (exact) mass is 288 g/mol. The maximum atomic E-state index is 3.50. The molecular formula is C19H32N2. The maximum Gasteiger partial charge on any atom is 0.0446 e. The molecule has 0 aromatic heterocycles. The molecule has 0 saturated heterocycles. The Morgan fingerprint density at radius 2 is 1.86 bits per heavy atom. The Bertz CT molecular complexity index is 406. The average molecular weight is 288 g/mol. The zero-order valence-electron chi connectivity index (χ0n) is 14.2. The van der Waals surface area contributed by atoms with Gasteiger partial charge in [0.15, 0.2) is 0 Å². The van der Waals surface area contributed by atoms with Crippen LogP contribution >= 0.6 is 0 Å². The first-order valence-electron chi connectivity index (χ1n) is 8.60.